The lowest BCUT2D eigenvalue weighted by Crippen LogP contribution is -1.93. The Labute approximate surface area is 88.2 Å². The first-order valence-electron chi connectivity index (χ1n) is 4.58. The molecule has 0 aliphatic carbocycles. The molecule has 15 heavy (non-hydrogen) atoms. The summed E-state index contributed by atoms with van der Waals surface area (Å²) in [5.74, 6) is 6.27. The minimum atomic E-state index is 0.449. The fourth-order valence-corrected chi connectivity index (χ4v) is 1.04. The van der Waals surface area contributed by atoms with Crippen LogP contribution in [0.2, 0.25) is 0 Å². The van der Waals surface area contributed by atoms with Gasteiger partial charge in [0.15, 0.2) is 0 Å². The number of nitrogens with zero attached hydrogens (tertiary/aromatic N) is 3. The third-order valence-electron chi connectivity index (χ3n) is 1.77. The Morgan fingerprint density at radius 2 is 1.80 bits per heavy atom. The molecule has 0 fully saturated rings. The maximum atomic E-state index is 4.05. The summed E-state index contributed by atoms with van der Waals surface area (Å²) in [6.45, 7) is 1.84. The normalized spacial score (nSPS) is 9.13. The molecule has 1 aromatic heterocycles. The van der Waals surface area contributed by atoms with Crippen molar-refractivity contribution in [1.29, 1.82) is 0 Å². The van der Waals surface area contributed by atoms with Crippen molar-refractivity contribution in [2.24, 2.45) is 0 Å². The highest BCUT2D eigenvalue weighted by Crippen LogP contribution is 1.95. The minimum Gasteiger partial charge on any atom is -0.226 e. The Morgan fingerprint density at radius 1 is 1.00 bits per heavy atom. The highest BCUT2D eigenvalue weighted by molar-refractivity contribution is 5.37. The number of rotatable bonds is 0. The Hall–Kier alpha value is -2.21. The van der Waals surface area contributed by atoms with E-state index < -0.39 is 0 Å². The van der Waals surface area contributed by atoms with Crippen molar-refractivity contribution in [1.82, 2.24) is 15.2 Å². The first-order valence-corrected chi connectivity index (χ1v) is 4.58. The summed E-state index contributed by atoms with van der Waals surface area (Å²) in [6, 6.07) is 9.72. The zero-order valence-electron chi connectivity index (χ0n) is 8.31. The van der Waals surface area contributed by atoms with Gasteiger partial charge in [-0.1, -0.05) is 24.1 Å². The van der Waals surface area contributed by atoms with E-state index in [1.54, 1.807) is 6.20 Å². The molecule has 3 heteroatoms. The van der Waals surface area contributed by atoms with Crippen molar-refractivity contribution in [3.05, 3.63) is 53.6 Å². The molecule has 2 rings (SSSR count). The zero-order valence-corrected chi connectivity index (χ0v) is 8.31. The van der Waals surface area contributed by atoms with E-state index >= 15 is 0 Å². The van der Waals surface area contributed by atoms with Crippen LogP contribution in [0.3, 0.4) is 0 Å². The largest absolute Gasteiger partial charge is 0.226 e. The van der Waals surface area contributed by atoms with Gasteiger partial charge in [-0.25, -0.2) is 4.98 Å². The van der Waals surface area contributed by atoms with Gasteiger partial charge in [-0.15, -0.1) is 5.10 Å². The Bertz CT molecular complexity index is 492. The average Bonchev–Trinajstić information content (AvgIpc) is 2.30. The van der Waals surface area contributed by atoms with Gasteiger partial charge in [-0.3, -0.25) is 0 Å². The minimum absolute atomic E-state index is 0.449. The second kappa shape index (κ2) is 4.34. The van der Waals surface area contributed by atoms with Crippen LogP contribution in [-0.4, -0.2) is 15.2 Å². The maximum Gasteiger partial charge on any atom is 0.226 e. The lowest BCUT2D eigenvalue weighted by atomic mass is 10.2. The Morgan fingerprint density at radius 3 is 2.47 bits per heavy atom. The fourth-order valence-electron chi connectivity index (χ4n) is 1.04. The summed E-state index contributed by atoms with van der Waals surface area (Å²) < 4.78 is 0. The van der Waals surface area contributed by atoms with Crippen molar-refractivity contribution in [2.45, 2.75) is 6.92 Å². The van der Waals surface area contributed by atoms with Gasteiger partial charge in [0.1, 0.15) is 0 Å². The van der Waals surface area contributed by atoms with Gasteiger partial charge in [-0.05, 0) is 25.0 Å². The van der Waals surface area contributed by atoms with Crippen LogP contribution >= 0.6 is 0 Å². The van der Waals surface area contributed by atoms with Crippen molar-refractivity contribution in [3.8, 4) is 11.8 Å². The molecule has 1 heterocycles. The van der Waals surface area contributed by atoms with E-state index in [0.717, 1.165) is 11.3 Å². The second-order valence-corrected chi connectivity index (χ2v) is 3.04. The standard InChI is InChI=1S/C12H9N3/c1-10-9-13-12(15-14-10)8-7-11-5-3-2-4-6-11/h2-6,9H,1H3. The van der Waals surface area contributed by atoms with Crippen LogP contribution in [0.15, 0.2) is 36.5 Å². The molecule has 0 saturated carbocycles. The molecule has 2 aromatic rings. The molecule has 0 saturated heterocycles. The van der Waals surface area contributed by atoms with Crippen molar-refractivity contribution >= 4 is 0 Å². The van der Waals surface area contributed by atoms with Crippen LogP contribution in [0.5, 0.6) is 0 Å². The van der Waals surface area contributed by atoms with Crippen LogP contribution in [0.4, 0.5) is 0 Å². The number of aryl methyl sites for hydroxylation is 1. The van der Waals surface area contributed by atoms with E-state index in [1.807, 2.05) is 37.3 Å². The highest BCUT2D eigenvalue weighted by atomic mass is 15.1. The smallest absolute Gasteiger partial charge is 0.226 e. The molecule has 72 valence electrons. The third kappa shape index (κ3) is 2.61. The summed E-state index contributed by atoms with van der Waals surface area (Å²) in [5, 5.41) is 7.74. The molecule has 3 nitrogen and oxygen atoms in total. The van der Waals surface area contributed by atoms with Gasteiger partial charge < -0.3 is 0 Å². The second-order valence-electron chi connectivity index (χ2n) is 3.04. The molecule has 0 unspecified atom stereocenters. The van der Waals surface area contributed by atoms with E-state index in [-0.39, 0.29) is 0 Å². The van der Waals surface area contributed by atoms with Crippen LogP contribution in [0.1, 0.15) is 17.1 Å². The van der Waals surface area contributed by atoms with Gasteiger partial charge in [0.25, 0.3) is 0 Å². The Balaban J connectivity index is 2.22. The van der Waals surface area contributed by atoms with Crippen LogP contribution in [-0.2, 0) is 0 Å². The predicted octanol–water partition coefficient (Wildman–Crippen LogP) is 1.58. The van der Waals surface area contributed by atoms with E-state index in [1.165, 1.54) is 0 Å². The van der Waals surface area contributed by atoms with Crippen molar-refractivity contribution in [2.75, 3.05) is 0 Å². The summed E-state index contributed by atoms with van der Waals surface area (Å²) in [6.07, 6.45) is 1.65. The number of benzene rings is 1. The lowest BCUT2D eigenvalue weighted by Gasteiger charge is -1.89. The maximum absolute atomic E-state index is 4.05. The predicted molar refractivity (Wildman–Crippen MR) is 57.0 cm³/mol. The van der Waals surface area contributed by atoms with E-state index in [4.69, 9.17) is 0 Å². The number of aromatic nitrogens is 3. The molecule has 0 atom stereocenters. The van der Waals surface area contributed by atoms with E-state index in [0.29, 0.717) is 5.82 Å². The fraction of sp³-hybridized carbons (Fsp3) is 0.0833. The zero-order chi connectivity index (χ0) is 10.5. The van der Waals surface area contributed by atoms with Gasteiger partial charge in [0.05, 0.1) is 11.9 Å². The first-order chi connectivity index (χ1) is 7.34. The summed E-state index contributed by atoms with van der Waals surface area (Å²) >= 11 is 0. The summed E-state index contributed by atoms with van der Waals surface area (Å²) in [5.41, 5.74) is 1.74. The quantitative estimate of drug-likeness (QED) is 0.599. The monoisotopic (exact) mass is 195 g/mol. The van der Waals surface area contributed by atoms with Crippen LogP contribution < -0.4 is 0 Å². The molecule has 0 N–H and O–H groups in total. The van der Waals surface area contributed by atoms with Gasteiger partial charge in [0, 0.05) is 5.56 Å². The molecule has 0 radical (unpaired) electrons. The molecule has 0 spiro atoms. The average molecular weight is 195 g/mol. The van der Waals surface area contributed by atoms with Crippen LogP contribution in [0.25, 0.3) is 0 Å². The van der Waals surface area contributed by atoms with E-state index in [9.17, 15) is 0 Å². The Kier molecular flexibility index (Phi) is 2.70. The molecule has 0 aliphatic rings. The molecule has 0 aliphatic heterocycles. The summed E-state index contributed by atoms with van der Waals surface area (Å²) in [7, 11) is 0. The van der Waals surface area contributed by atoms with Crippen molar-refractivity contribution in [3.63, 3.8) is 0 Å². The van der Waals surface area contributed by atoms with Gasteiger partial charge in [0.2, 0.25) is 5.82 Å². The topological polar surface area (TPSA) is 38.7 Å². The van der Waals surface area contributed by atoms with Crippen molar-refractivity contribution < 1.29 is 0 Å². The number of hydrogen-bond donors (Lipinski definition) is 0. The third-order valence-corrected chi connectivity index (χ3v) is 1.77. The number of hydrogen-bond acceptors (Lipinski definition) is 3. The molecule has 0 bridgehead atoms. The highest BCUT2D eigenvalue weighted by Gasteiger charge is 1.90. The first kappa shape index (κ1) is 9.35. The molecular formula is C12H9N3. The van der Waals surface area contributed by atoms with E-state index in [2.05, 4.69) is 27.0 Å². The van der Waals surface area contributed by atoms with Crippen LogP contribution in [0, 0.1) is 18.8 Å². The molecule has 0 amide bonds. The molecular weight excluding hydrogens is 186 g/mol. The lowest BCUT2D eigenvalue weighted by molar-refractivity contribution is 0.907. The SMILES string of the molecule is Cc1cnc(C#Cc2ccccc2)nn1. The van der Waals surface area contributed by atoms with Gasteiger partial charge in [-0.2, -0.15) is 5.10 Å². The molecule has 1 aromatic carbocycles. The van der Waals surface area contributed by atoms with Gasteiger partial charge >= 0.3 is 0 Å². The summed E-state index contributed by atoms with van der Waals surface area (Å²) in [4.78, 5) is 4.05.